The average molecular weight is 335 g/mol. The topological polar surface area (TPSA) is 85.0 Å². The molecule has 1 amide bonds. The fourth-order valence-electron chi connectivity index (χ4n) is 3.06. The van der Waals surface area contributed by atoms with Gasteiger partial charge in [-0.3, -0.25) is 14.8 Å². The van der Waals surface area contributed by atoms with Crippen LogP contribution in [-0.2, 0) is 0 Å². The second-order valence-corrected chi connectivity index (χ2v) is 6.02. The zero-order chi connectivity index (χ0) is 17.1. The van der Waals surface area contributed by atoms with Crippen LogP contribution in [0, 0.1) is 0 Å². The van der Waals surface area contributed by atoms with Gasteiger partial charge in [-0.05, 0) is 37.1 Å². The van der Waals surface area contributed by atoms with Gasteiger partial charge >= 0.3 is 0 Å². The Kier molecular flexibility index (Phi) is 4.20. The molecule has 126 valence electrons. The van der Waals surface area contributed by atoms with E-state index in [2.05, 4.69) is 20.1 Å². The van der Waals surface area contributed by atoms with Crippen LogP contribution in [0.2, 0.25) is 0 Å². The Hall–Kier alpha value is -3.09. The van der Waals surface area contributed by atoms with Crippen molar-refractivity contribution in [1.29, 1.82) is 0 Å². The minimum Gasteiger partial charge on any atom is -0.339 e. The van der Waals surface area contributed by atoms with Gasteiger partial charge in [0.05, 0.1) is 5.92 Å². The van der Waals surface area contributed by atoms with Gasteiger partial charge in [0.25, 0.3) is 5.91 Å². The van der Waals surface area contributed by atoms with Crippen LogP contribution in [0.15, 0.2) is 53.6 Å². The van der Waals surface area contributed by atoms with Crippen molar-refractivity contribution >= 4 is 5.91 Å². The summed E-state index contributed by atoms with van der Waals surface area (Å²) in [6.45, 7) is 1.32. The van der Waals surface area contributed by atoms with Gasteiger partial charge in [0.1, 0.15) is 0 Å². The maximum Gasteiger partial charge on any atom is 0.253 e. The van der Waals surface area contributed by atoms with E-state index in [1.165, 1.54) is 0 Å². The monoisotopic (exact) mass is 335 g/mol. The van der Waals surface area contributed by atoms with Gasteiger partial charge in [-0.2, -0.15) is 4.98 Å². The van der Waals surface area contributed by atoms with E-state index in [1.807, 2.05) is 17.0 Å². The number of aromatic nitrogens is 4. The molecule has 0 aromatic carbocycles. The lowest BCUT2D eigenvalue weighted by Gasteiger charge is -2.31. The first kappa shape index (κ1) is 15.4. The zero-order valence-corrected chi connectivity index (χ0v) is 13.6. The summed E-state index contributed by atoms with van der Waals surface area (Å²) in [6.07, 6.45) is 8.50. The number of hydrogen-bond acceptors (Lipinski definition) is 6. The van der Waals surface area contributed by atoms with Crippen molar-refractivity contribution in [2.45, 2.75) is 18.8 Å². The lowest BCUT2D eigenvalue weighted by atomic mass is 9.97. The second-order valence-electron chi connectivity index (χ2n) is 6.02. The van der Waals surface area contributed by atoms with Gasteiger partial charge in [-0.25, -0.2) is 0 Å². The lowest BCUT2D eigenvalue weighted by molar-refractivity contribution is 0.0695. The van der Waals surface area contributed by atoms with Crippen LogP contribution in [0.25, 0.3) is 11.4 Å². The van der Waals surface area contributed by atoms with Crippen molar-refractivity contribution in [3.05, 3.63) is 60.5 Å². The Bertz CT molecular complexity index is 850. The number of piperidine rings is 1. The molecule has 0 N–H and O–H groups in total. The second kappa shape index (κ2) is 6.80. The largest absolute Gasteiger partial charge is 0.339 e. The Labute approximate surface area is 144 Å². The van der Waals surface area contributed by atoms with Crippen molar-refractivity contribution in [3.63, 3.8) is 0 Å². The number of likely N-dealkylation sites (tertiary alicyclic amines) is 1. The highest BCUT2D eigenvalue weighted by molar-refractivity contribution is 5.94. The highest BCUT2D eigenvalue weighted by atomic mass is 16.5. The number of carbonyl (C=O) groups excluding carboxylic acids is 1. The molecule has 0 radical (unpaired) electrons. The molecule has 0 spiro atoms. The molecule has 1 aliphatic heterocycles. The predicted molar refractivity (Wildman–Crippen MR) is 89.6 cm³/mol. The maximum absolute atomic E-state index is 12.6. The Balaban J connectivity index is 1.50. The zero-order valence-electron chi connectivity index (χ0n) is 13.6. The van der Waals surface area contributed by atoms with Crippen molar-refractivity contribution in [2.75, 3.05) is 13.1 Å². The Morgan fingerprint density at radius 1 is 1.08 bits per heavy atom. The van der Waals surface area contributed by atoms with Crippen LogP contribution in [-0.4, -0.2) is 44.0 Å². The van der Waals surface area contributed by atoms with Crippen molar-refractivity contribution < 1.29 is 9.32 Å². The summed E-state index contributed by atoms with van der Waals surface area (Å²) in [7, 11) is 0. The molecule has 1 atom stereocenters. The van der Waals surface area contributed by atoms with Crippen LogP contribution in [0.3, 0.4) is 0 Å². The summed E-state index contributed by atoms with van der Waals surface area (Å²) >= 11 is 0. The summed E-state index contributed by atoms with van der Waals surface area (Å²) < 4.78 is 5.46. The molecular formula is C18H17N5O2. The Morgan fingerprint density at radius 2 is 1.80 bits per heavy atom. The van der Waals surface area contributed by atoms with Crippen molar-refractivity contribution in [1.82, 2.24) is 25.0 Å². The van der Waals surface area contributed by atoms with Gasteiger partial charge in [-0.1, -0.05) is 5.16 Å². The molecule has 4 heterocycles. The van der Waals surface area contributed by atoms with Crippen LogP contribution < -0.4 is 0 Å². The van der Waals surface area contributed by atoms with Crippen LogP contribution in [0.4, 0.5) is 0 Å². The minimum absolute atomic E-state index is 0.0148. The van der Waals surface area contributed by atoms with Gasteiger partial charge in [0, 0.05) is 49.0 Å². The number of nitrogens with zero attached hydrogens (tertiary/aromatic N) is 5. The first-order chi connectivity index (χ1) is 12.3. The van der Waals surface area contributed by atoms with Gasteiger partial charge in [0.2, 0.25) is 11.7 Å². The predicted octanol–water partition coefficient (Wildman–Crippen LogP) is 2.55. The average Bonchev–Trinajstić information content (AvgIpc) is 3.19. The third-order valence-electron chi connectivity index (χ3n) is 4.37. The molecule has 0 aliphatic carbocycles. The number of pyridine rings is 2. The van der Waals surface area contributed by atoms with E-state index in [0.29, 0.717) is 23.8 Å². The molecule has 7 nitrogen and oxygen atoms in total. The highest BCUT2D eigenvalue weighted by Crippen LogP contribution is 2.28. The van der Waals surface area contributed by atoms with E-state index in [-0.39, 0.29) is 11.8 Å². The molecule has 0 saturated carbocycles. The standard InChI is InChI=1S/C18H17N5O2/c24-18(14-5-9-20-10-6-14)23-11-1-2-15(12-23)17-21-16(22-25-17)13-3-7-19-8-4-13/h3-10,15H,1-2,11-12H2. The molecule has 7 heteroatoms. The molecule has 3 aromatic rings. The maximum atomic E-state index is 12.6. The summed E-state index contributed by atoms with van der Waals surface area (Å²) in [4.78, 5) is 26.9. The summed E-state index contributed by atoms with van der Waals surface area (Å²) in [5.74, 6) is 1.21. The van der Waals surface area contributed by atoms with E-state index in [9.17, 15) is 4.79 Å². The van der Waals surface area contributed by atoms with Gasteiger partial charge in [0.15, 0.2) is 0 Å². The number of rotatable bonds is 3. The minimum atomic E-state index is 0.0148. The normalized spacial score (nSPS) is 17.4. The summed E-state index contributed by atoms with van der Waals surface area (Å²) in [5, 5.41) is 4.06. The van der Waals surface area contributed by atoms with Crippen molar-refractivity contribution in [3.8, 4) is 11.4 Å². The summed E-state index contributed by atoms with van der Waals surface area (Å²) in [5.41, 5.74) is 1.52. The van der Waals surface area contributed by atoms with Crippen LogP contribution >= 0.6 is 0 Å². The number of carbonyl (C=O) groups is 1. The van der Waals surface area contributed by atoms with E-state index < -0.39 is 0 Å². The molecule has 4 rings (SSSR count). The lowest BCUT2D eigenvalue weighted by Crippen LogP contribution is -2.39. The first-order valence-electron chi connectivity index (χ1n) is 8.24. The van der Waals surface area contributed by atoms with Gasteiger partial charge in [-0.15, -0.1) is 0 Å². The summed E-state index contributed by atoms with van der Waals surface area (Å²) in [6, 6.07) is 7.16. The first-order valence-corrected chi connectivity index (χ1v) is 8.24. The van der Waals surface area contributed by atoms with E-state index in [4.69, 9.17) is 4.52 Å². The molecule has 0 bridgehead atoms. The molecule has 1 fully saturated rings. The molecule has 1 unspecified atom stereocenters. The van der Waals surface area contributed by atoms with Gasteiger partial charge < -0.3 is 9.42 Å². The highest BCUT2D eigenvalue weighted by Gasteiger charge is 2.29. The Morgan fingerprint density at radius 3 is 2.56 bits per heavy atom. The van der Waals surface area contributed by atoms with E-state index in [0.717, 1.165) is 24.9 Å². The molecule has 1 saturated heterocycles. The fourth-order valence-corrected chi connectivity index (χ4v) is 3.06. The quantitative estimate of drug-likeness (QED) is 0.731. The third-order valence-corrected chi connectivity index (χ3v) is 4.37. The number of hydrogen-bond donors (Lipinski definition) is 0. The molecule has 3 aromatic heterocycles. The fraction of sp³-hybridized carbons (Fsp3) is 0.278. The van der Waals surface area contributed by atoms with E-state index >= 15 is 0 Å². The molecule has 1 aliphatic rings. The molecular weight excluding hydrogens is 318 g/mol. The van der Waals surface area contributed by atoms with Crippen LogP contribution in [0.5, 0.6) is 0 Å². The molecule has 25 heavy (non-hydrogen) atoms. The number of amides is 1. The SMILES string of the molecule is O=C(c1ccncc1)N1CCCC(c2nc(-c3ccncc3)no2)C1. The van der Waals surface area contributed by atoms with Crippen LogP contribution in [0.1, 0.15) is 35.0 Å². The third kappa shape index (κ3) is 3.26. The van der Waals surface area contributed by atoms with E-state index in [1.54, 1.807) is 36.9 Å². The van der Waals surface area contributed by atoms with Crippen molar-refractivity contribution in [2.24, 2.45) is 0 Å². The smallest absolute Gasteiger partial charge is 0.253 e.